The molecule has 0 aromatic rings. The molecule has 2 unspecified atom stereocenters. The van der Waals surface area contributed by atoms with Crippen molar-refractivity contribution in [2.24, 2.45) is 0 Å². The van der Waals surface area contributed by atoms with Crippen molar-refractivity contribution in [2.45, 2.75) is 70.5 Å². The van der Waals surface area contributed by atoms with Gasteiger partial charge in [-0.1, -0.05) is 33.1 Å². The zero-order valence-corrected chi connectivity index (χ0v) is 12.2. The predicted octanol–water partition coefficient (Wildman–Crippen LogP) is 2.41. The van der Waals surface area contributed by atoms with Crippen LogP contribution in [-0.4, -0.2) is 49.3 Å². The largest absolute Gasteiger partial charge is 0.380 e. The van der Waals surface area contributed by atoms with E-state index in [1.807, 2.05) is 0 Å². The van der Waals surface area contributed by atoms with Gasteiger partial charge in [0, 0.05) is 24.7 Å². The molecule has 2 rings (SSSR count). The van der Waals surface area contributed by atoms with E-state index in [1.165, 1.54) is 45.1 Å². The summed E-state index contributed by atoms with van der Waals surface area (Å²) in [4.78, 5) is 2.73. The third-order valence-corrected chi connectivity index (χ3v) is 4.63. The van der Waals surface area contributed by atoms with Gasteiger partial charge in [0.05, 0.1) is 6.61 Å². The molecule has 1 aliphatic heterocycles. The monoisotopic (exact) mass is 254 g/mol. The van der Waals surface area contributed by atoms with Crippen LogP contribution in [0.15, 0.2) is 0 Å². The lowest BCUT2D eigenvalue weighted by molar-refractivity contribution is -0.0233. The molecule has 3 heteroatoms. The molecule has 2 fully saturated rings. The van der Waals surface area contributed by atoms with Crippen molar-refractivity contribution >= 4 is 0 Å². The summed E-state index contributed by atoms with van der Waals surface area (Å²) in [6.45, 7) is 8.61. The third-order valence-electron chi connectivity index (χ3n) is 4.63. The molecule has 18 heavy (non-hydrogen) atoms. The van der Waals surface area contributed by atoms with E-state index < -0.39 is 0 Å². The van der Waals surface area contributed by atoms with Crippen LogP contribution in [0, 0.1) is 0 Å². The Hall–Kier alpha value is -0.120. The third kappa shape index (κ3) is 3.46. The highest BCUT2D eigenvalue weighted by molar-refractivity contribution is 4.90. The van der Waals surface area contributed by atoms with Crippen molar-refractivity contribution in [3.05, 3.63) is 0 Å². The molecular weight excluding hydrogens is 224 g/mol. The Labute approximate surface area is 112 Å². The molecule has 0 aromatic carbocycles. The van der Waals surface area contributed by atoms with E-state index in [4.69, 9.17) is 4.74 Å². The fraction of sp³-hybridized carbons (Fsp3) is 1.00. The van der Waals surface area contributed by atoms with E-state index in [-0.39, 0.29) is 0 Å². The molecule has 0 bridgehead atoms. The molecule has 1 aliphatic carbocycles. The number of likely N-dealkylation sites (N-methyl/N-ethyl adjacent to an activating group) is 2. The maximum atomic E-state index is 5.75. The van der Waals surface area contributed by atoms with E-state index >= 15 is 0 Å². The Morgan fingerprint density at radius 2 is 1.89 bits per heavy atom. The molecule has 1 saturated carbocycles. The van der Waals surface area contributed by atoms with Crippen molar-refractivity contribution in [2.75, 3.05) is 26.3 Å². The van der Waals surface area contributed by atoms with Gasteiger partial charge in [-0.3, -0.25) is 4.90 Å². The van der Waals surface area contributed by atoms with Gasteiger partial charge in [-0.2, -0.15) is 0 Å². The van der Waals surface area contributed by atoms with E-state index in [1.54, 1.807) is 0 Å². The Morgan fingerprint density at radius 1 is 1.11 bits per heavy atom. The Morgan fingerprint density at radius 3 is 2.56 bits per heavy atom. The summed E-state index contributed by atoms with van der Waals surface area (Å²) in [6, 6.07) is 2.02. The zero-order valence-electron chi connectivity index (χ0n) is 12.2. The molecule has 1 heterocycles. The lowest BCUT2D eigenvalue weighted by Gasteiger charge is -2.44. The van der Waals surface area contributed by atoms with Crippen molar-refractivity contribution in [1.29, 1.82) is 0 Å². The van der Waals surface area contributed by atoms with E-state index in [9.17, 15) is 0 Å². The lowest BCUT2D eigenvalue weighted by atomic mass is 9.91. The Bertz CT molecular complexity index is 216. The quantitative estimate of drug-likeness (QED) is 0.815. The summed E-state index contributed by atoms with van der Waals surface area (Å²) in [5.74, 6) is 0. The normalized spacial score (nSPS) is 30.8. The van der Waals surface area contributed by atoms with Crippen LogP contribution < -0.4 is 5.32 Å². The maximum Gasteiger partial charge on any atom is 0.0637 e. The fourth-order valence-electron chi connectivity index (χ4n) is 3.73. The average Bonchev–Trinajstić information content (AvgIpc) is 2.43. The molecule has 1 saturated heterocycles. The molecule has 106 valence electrons. The summed E-state index contributed by atoms with van der Waals surface area (Å²) in [6.07, 6.45) is 8.22. The van der Waals surface area contributed by atoms with Crippen LogP contribution >= 0.6 is 0 Å². The SMILES string of the molecule is CCNC1CCOCC1N(CC)C1CCCCC1. The van der Waals surface area contributed by atoms with Gasteiger partial charge >= 0.3 is 0 Å². The van der Waals surface area contributed by atoms with Gasteiger partial charge in [0.25, 0.3) is 0 Å². The van der Waals surface area contributed by atoms with Crippen LogP contribution in [-0.2, 0) is 4.74 Å². The molecular formula is C15H30N2O. The van der Waals surface area contributed by atoms with Crippen LogP contribution in [0.1, 0.15) is 52.4 Å². The fourth-order valence-corrected chi connectivity index (χ4v) is 3.73. The van der Waals surface area contributed by atoms with Gasteiger partial charge in [-0.05, 0) is 32.4 Å². The highest BCUT2D eigenvalue weighted by atomic mass is 16.5. The van der Waals surface area contributed by atoms with Crippen LogP contribution in [0.4, 0.5) is 0 Å². The first-order chi connectivity index (χ1) is 8.86. The molecule has 0 spiro atoms. The Kier molecular flexibility index (Phi) is 5.93. The number of ether oxygens (including phenoxy) is 1. The predicted molar refractivity (Wildman–Crippen MR) is 75.9 cm³/mol. The number of nitrogens with zero attached hydrogens (tertiary/aromatic N) is 1. The van der Waals surface area contributed by atoms with Crippen molar-refractivity contribution in [3.63, 3.8) is 0 Å². The maximum absolute atomic E-state index is 5.75. The van der Waals surface area contributed by atoms with Crippen LogP contribution in [0.5, 0.6) is 0 Å². The summed E-state index contributed by atoms with van der Waals surface area (Å²) in [5, 5.41) is 3.67. The molecule has 2 aliphatic rings. The Balaban J connectivity index is 1.98. The standard InChI is InChI=1S/C15H30N2O/c1-3-16-14-10-11-18-12-15(14)17(4-2)13-8-6-5-7-9-13/h13-16H,3-12H2,1-2H3. The number of nitrogens with one attached hydrogen (secondary N) is 1. The second-order valence-corrected chi connectivity index (χ2v) is 5.72. The second kappa shape index (κ2) is 7.46. The van der Waals surface area contributed by atoms with Gasteiger partial charge in [0.2, 0.25) is 0 Å². The molecule has 3 nitrogen and oxygen atoms in total. The molecule has 0 aromatic heterocycles. The molecule has 1 N–H and O–H groups in total. The first-order valence-electron chi connectivity index (χ1n) is 7.93. The molecule has 0 amide bonds. The highest BCUT2D eigenvalue weighted by Gasteiger charge is 2.33. The minimum atomic E-state index is 0.590. The summed E-state index contributed by atoms with van der Waals surface area (Å²) >= 11 is 0. The van der Waals surface area contributed by atoms with Crippen molar-refractivity contribution in [1.82, 2.24) is 10.2 Å². The van der Waals surface area contributed by atoms with Gasteiger partial charge in [0.1, 0.15) is 0 Å². The summed E-state index contributed by atoms with van der Waals surface area (Å²) < 4.78 is 5.75. The van der Waals surface area contributed by atoms with E-state index in [0.717, 1.165) is 25.8 Å². The lowest BCUT2D eigenvalue weighted by Crippen LogP contribution is -2.58. The van der Waals surface area contributed by atoms with E-state index in [0.29, 0.717) is 12.1 Å². The second-order valence-electron chi connectivity index (χ2n) is 5.72. The molecule has 2 atom stereocenters. The number of hydrogen-bond donors (Lipinski definition) is 1. The highest BCUT2D eigenvalue weighted by Crippen LogP contribution is 2.26. The van der Waals surface area contributed by atoms with Gasteiger partial charge in [-0.15, -0.1) is 0 Å². The van der Waals surface area contributed by atoms with Crippen LogP contribution in [0.2, 0.25) is 0 Å². The first kappa shape index (κ1) is 14.3. The van der Waals surface area contributed by atoms with Crippen LogP contribution in [0.3, 0.4) is 0 Å². The topological polar surface area (TPSA) is 24.5 Å². The van der Waals surface area contributed by atoms with Crippen LogP contribution in [0.25, 0.3) is 0 Å². The van der Waals surface area contributed by atoms with Gasteiger partial charge in [-0.25, -0.2) is 0 Å². The number of hydrogen-bond acceptors (Lipinski definition) is 3. The summed E-state index contributed by atoms with van der Waals surface area (Å²) in [5.41, 5.74) is 0. The number of rotatable bonds is 5. The minimum absolute atomic E-state index is 0.590. The molecule has 0 radical (unpaired) electrons. The minimum Gasteiger partial charge on any atom is -0.380 e. The smallest absolute Gasteiger partial charge is 0.0637 e. The van der Waals surface area contributed by atoms with Crippen molar-refractivity contribution in [3.8, 4) is 0 Å². The first-order valence-corrected chi connectivity index (χ1v) is 7.93. The van der Waals surface area contributed by atoms with Gasteiger partial charge < -0.3 is 10.1 Å². The summed E-state index contributed by atoms with van der Waals surface area (Å²) in [7, 11) is 0. The van der Waals surface area contributed by atoms with Crippen molar-refractivity contribution < 1.29 is 4.74 Å². The van der Waals surface area contributed by atoms with E-state index in [2.05, 4.69) is 24.1 Å². The zero-order chi connectivity index (χ0) is 12.8. The average molecular weight is 254 g/mol. The van der Waals surface area contributed by atoms with Gasteiger partial charge in [0.15, 0.2) is 0 Å².